The molecule has 1 amide bonds. The standard InChI is InChI=1S/C15H20INO2/c1-4-5-15(18)17(2)14-9-12(14)11-8-10(19-3)6-7-13(11)16/h6-8,12,14H,4-5,9H2,1-3H3. The number of hydrogen-bond acceptors (Lipinski definition) is 2. The second kappa shape index (κ2) is 6.11. The summed E-state index contributed by atoms with van der Waals surface area (Å²) in [6.45, 7) is 2.04. The maximum absolute atomic E-state index is 11.9. The Morgan fingerprint density at radius 2 is 2.26 bits per heavy atom. The van der Waals surface area contributed by atoms with Gasteiger partial charge in [-0.25, -0.2) is 0 Å². The van der Waals surface area contributed by atoms with Crippen LogP contribution in [0.3, 0.4) is 0 Å². The number of likely N-dealkylation sites (N-methyl/N-ethyl adjacent to an activating group) is 1. The maximum Gasteiger partial charge on any atom is 0.222 e. The Labute approximate surface area is 128 Å². The van der Waals surface area contributed by atoms with Crippen molar-refractivity contribution in [3.8, 4) is 5.75 Å². The van der Waals surface area contributed by atoms with Gasteiger partial charge in [0.15, 0.2) is 0 Å². The number of nitrogens with zero attached hydrogens (tertiary/aromatic N) is 1. The van der Waals surface area contributed by atoms with Crippen LogP contribution >= 0.6 is 22.6 Å². The SMILES string of the molecule is CCCC(=O)N(C)C1CC1c1cc(OC)ccc1I. The average Bonchev–Trinajstić information content (AvgIpc) is 3.19. The topological polar surface area (TPSA) is 29.5 Å². The lowest BCUT2D eigenvalue weighted by Gasteiger charge is -2.17. The molecule has 19 heavy (non-hydrogen) atoms. The molecule has 0 bridgehead atoms. The van der Waals surface area contributed by atoms with Gasteiger partial charge in [0.25, 0.3) is 0 Å². The molecule has 0 N–H and O–H groups in total. The van der Waals surface area contributed by atoms with Crippen molar-refractivity contribution in [2.45, 2.75) is 38.1 Å². The van der Waals surface area contributed by atoms with E-state index in [1.807, 2.05) is 24.9 Å². The molecule has 1 aromatic carbocycles. The number of methoxy groups -OCH3 is 1. The first-order valence-electron chi connectivity index (χ1n) is 6.67. The predicted molar refractivity (Wildman–Crippen MR) is 84.5 cm³/mol. The van der Waals surface area contributed by atoms with E-state index >= 15 is 0 Å². The van der Waals surface area contributed by atoms with Gasteiger partial charge >= 0.3 is 0 Å². The lowest BCUT2D eigenvalue weighted by atomic mass is 10.1. The second-order valence-corrected chi connectivity index (χ2v) is 6.21. The highest BCUT2D eigenvalue weighted by Gasteiger charge is 2.43. The zero-order valence-corrected chi connectivity index (χ0v) is 13.8. The largest absolute Gasteiger partial charge is 0.497 e. The second-order valence-electron chi connectivity index (χ2n) is 5.05. The minimum absolute atomic E-state index is 0.257. The summed E-state index contributed by atoms with van der Waals surface area (Å²) in [6, 6.07) is 6.52. The van der Waals surface area contributed by atoms with Crippen LogP contribution in [-0.4, -0.2) is 31.0 Å². The third-order valence-corrected chi connectivity index (χ3v) is 4.70. The molecule has 1 saturated carbocycles. The Morgan fingerprint density at radius 3 is 2.89 bits per heavy atom. The van der Waals surface area contributed by atoms with Gasteiger partial charge in [0.1, 0.15) is 5.75 Å². The van der Waals surface area contributed by atoms with Crippen LogP contribution in [0.2, 0.25) is 0 Å². The van der Waals surface area contributed by atoms with E-state index in [9.17, 15) is 4.79 Å². The van der Waals surface area contributed by atoms with Gasteiger partial charge < -0.3 is 9.64 Å². The number of amides is 1. The van der Waals surface area contributed by atoms with Crippen molar-refractivity contribution < 1.29 is 9.53 Å². The van der Waals surface area contributed by atoms with E-state index in [1.165, 1.54) is 9.13 Å². The predicted octanol–water partition coefficient (Wildman–Crippen LogP) is 3.41. The quantitative estimate of drug-likeness (QED) is 0.741. The molecule has 2 unspecified atom stereocenters. The molecular weight excluding hydrogens is 353 g/mol. The van der Waals surface area contributed by atoms with Crippen LogP contribution < -0.4 is 4.74 Å². The molecule has 4 heteroatoms. The molecular formula is C15H20INO2. The summed E-state index contributed by atoms with van der Waals surface area (Å²) in [5, 5.41) is 0. The lowest BCUT2D eigenvalue weighted by molar-refractivity contribution is -0.130. The number of benzene rings is 1. The molecule has 3 nitrogen and oxygen atoms in total. The number of rotatable bonds is 5. The number of carbonyl (C=O) groups excluding carboxylic acids is 1. The lowest BCUT2D eigenvalue weighted by Crippen LogP contribution is -2.29. The van der Waals surface area contributed by atoms with E-state index in [0.29, 0.717) is 18.4 Å². The zero-order valence-electron chi connectivity index (χ0n) is 11.6. The Hall–Kier alpha value is -0.780. The first-order chi connectivity index (χ1) is 9.08. The van der Waals surface area contributed by atoms with Gasteiger partial charge in [-0.3, -0.25) is 4.79 Å². The summed E-state index contributed by atoms with van der Waals surface area (Å²) in [6.07, 6.45) is 2.63. The molecule has 0 aromatic heterocycles. The van der Waals surface area contributed by atoms with Crippen molar-refractivity contribution >= 4 is 28.5 Å². The summed E-state index contributed by atoms with van der Waals surface area (Å²) in [5.41, 5.74) is 1.31. The van der Waals surface area contributed by atoms with E-state index < -0.39 is 0 Å². The van der Waals surface area contributed by atoms with E-state index in [2.05, 4.69) is 34.7 Å². The van der Waals surface area contributed by atoms with Gasteiger partial charge in [-0.05, 0) is 59.2 Å². The van der Waals surface area contributed by atoms with Crippen molar-refractivity contribution in [2.24, 2.45) is 0 Å². The minimum atomic E-state index is 0.257. The molecule has 1 aromatic rings. The zero-order chi connectivity index (χ0) is 14.0. The molecule has 1 fully saturated rings. The monoisotopic (exact) mass is 373 g/mol. The Balaban J connectivity index is 2.08. The summed E-state index contributed by atoms with van der Waals surface area (Å²) in [5.74, 6) is 1.62. The van der Waals surface area contributed by atoms with Crippen LogP contribution in [-0.2, 0) is 4.79 Å². The highest BCUT2D eigenvalue weighted by atomic mass is 127. The van der Waals surface area contributed by atoms with Gasteiger partial charge in [0, 0.05) is 29.0 Å². The normalized spacial score (nSPS) is 21.1. The molecule has 0 saturated heterocycles. The van der Waals surface area contributed by atoms with Crippen LogP contribution in [0.15, 0.2) is 18.2 Å². The molecule has 0 radical (unpaired) electrons. The Bertz CT molecular complexity index is 475. The van der Waals surface area contributed by atoms with Crippen LogP contribution in [0.5, 0.6) is 5.75 Å². The van der Waals surface area contributed by atoms with Gasteiger partial charge in [-0.2, -0.15) is 0 Å². The molecule has 0 heterocycles. The molecule has 1 aliphatic carbocycles. The molecule has 104 valence electrons. The van der Waals surface area contributed by atoms with Gasteiger partial charge in [0.05, 0.1) is 7.11 Å². The Morgan fingerprint density at radius 1 is 1.53 bits per heavy atom. The minimum Gasteiger partial charge on any atom is -0.497 e. The molecule has 0 aliphatic heterocycles. The van der Waals surface area contributed by atoms with Crippen molar-refractivity contribution in [1.82, 2.24) is 4.90 Å². The third kappa shape index (κ3) is 3.22. The molecule has 1 aliphatic rings. The van der Waals surface area contributed by atoms with Gasteiger partial charge in [-0.15, -0.1) is 0 Å². The fraction of sp³-hybridized carbons (Fsp3) is 0.533. The van der Waals surface area contributed by atoms with Crippen LogP contribution in [0.4, 0.5) is 0 Å². The highest BCUT2D eigenvalue weighted by Crippen LogP contribution is 2.46. The van der Waals surface area contributed by atoms with Crippen molar-refractivity contribution in [3.05, 3.63) is 27.3 Å². The van der Waals surface area contributed by atoms with Crippen LogP contribution in [0.1, 0.15) is 37.7 Å². The molecule has 0 spiro atoms. The van der Waals surface area contributed by atoms with Gasteiger partial charge in [0.2, 0.25) is 5.91 Å². The number of halogens is 1. The summed E-state index contributed by atoms with van der Waals surface area (Å²) in [4.78, 5) is 13.8. The number of carbonyl (C=O) groups is 1. The van der Waals surface area contributed by atoms with E-state index in [1.54, 1.807) is 7.11 Å². The average molecular weight is 373 g/mol. The first kappa shape index (κ1) is 14.6. The molecule has 2 atom stereocenters. The smallest absolute Gasteiger partial charge is 0.222 e. The van der Waals surface area contributed by atoms with Crippen molar-refractivity contribution in [3.63, 3.8) is 0 Å². The van der Waals surface area contributed by atoms with E-state index in [-0.39, 0.29) is 5.91 Å². The number of ether oxygens (including phenoxy) is 1. The van der Waals surface area contributed by atoms with E-state index in [0.717, 1.165) is 18.6 Å². The third-order valence-electron chi connectivity index (χ3n) is 3.71. The van der Waals surface area contributed by atoms with E-state index in [4.69, 9.17) is 4.74 Å². The Kier molecular flexibility index (Phi) is 4.71. The summed E-state index contributed by atoms with van der Waals surface area (Å²) in [7, 11) is 3.61. The van der Waals surface area contributed by atoms with Crippen LogP contribution in [0.25, 0.3) is 0 Å². The van der Waals surface area contributed by atoms with Crippen molar-refractivity contribution in [1.29, 1.82) is 0 Å². The summed E-state index contributed by atoms with van der Waals surface area (Å²) < 4.78 is 6.54. The van der Waals surface area contributed by atoms with Crippen molar-refractivity contribution in [2.75, 3.05) is 14.2 Å². The fourth-order valence-corrected chi connectivity index (χ4v) is 3.19. The van der Waals surface area contributed by atoms with Gasteiger partial charge in [-0.1, -0.05) is 6.92 Å². The first-order valence-corrected chi connectivity index (χ1v) is 7.75. The van der Waals surface area contributed by atoms with Crippen LogP contribution in [0, 0.1) is 3.57 Å². The maximum atomic E-state index is 11.9. The fourth-order valence-electron chi connectivity index (χ4n) is 2.45. The summed E-state index contributed by atoms with van der Waals surface area (Å²) >= 11 is 2.36. The molecule has 2 rings (SSSR count). The highest BCUT2D eigenvalue weighted by molar-refractivity contribution is 14.1. The number of hydrogen-bond donors (Lipinski definition) is 0.